The van der Waals surface area contributed by atoms with Gasteiger partial charge < -0.3 is 15.0 Å². The molecule has 0 saturated heterocycles. The number of fused-ring (bicyclic) bond motifs is 3. The molecule has 2 atom stereocenters. The van der Waals surface area contributed by atoms with Crippen LogP contribution in [0.5, 0.6) is 5.75 Å². The van der Waals surface area contributed by atoms with Gasteiger partial charge in [0.2, 0.25) is 0 Å². The summed E-state index contributed by atoms with van der Waals surface area (Å²) in [6.45, 7) is 5.15. The zero-order valence-electron chi connectivity index (χ0n) is 17.9. The molecule has 3 heterocycles. The first kappa shape index (κ1) is 22.1. The van der Waals surface area contributed by atoms with E-state index in [1.54, 1.807) is 11.1 Å². The zero-order valence-corrected chi connectivity index (χ0v) is 18.6. The molecule has 168 valence electrons. The van der Waals surface area contributed by atoms with Crippen LogP contribution in [0.15, 0.2) is 28.2 Å². The lowest BCUT2D eigenvalue weighted by molar-refractivity contribution is 0.0744. The maximum Gasteiger partial charge on any atom is 0.258 e. The first-order valence-corrected chi connectivity index (χ1v) is 10.8. The van der Waals surface area contributed by atoms with E-state index in [0.717, 1.165) is 22.8 Å². The number of alkyl halides is 1. The second-order valence-electron chi connectivity index (χ2n) is 7.77. The van der Waals surface area contributed by atoms with Gasteiger partial charge in [0.1, 0.15) is 18.2 Å². The second-order valence-corrected chi connectivity index (χ2v) is 8.24. The number of amides is 1. The predicted octanol–water partition coefficient (Wildman–Crippen LogP) is 3.94. The number of benzene rings is 1. The van der Waals surface area contributed by atoms with Crippen LogP contribution in [0.2, 0.25) is 0 Å². The molecule has 0 saturated carbocycles. The number of halogens is 2. The first-order valence-electron chi connectivity index (χ1n) is 10.4. The van der Waals surface area contributed by atoms with E-state index in [9.17, 15) is 9.18 Å². The Labute approximate surface area is 190 Å². The molecule has 2 aromatic rings. The maximum atomic E-state index is 13.8. The Morgan fingerprint density at radius 2 is 2.25 bits per heavy atom. The van der Waals surface area contributed by atoms with Gasteiger partial charge in [-0.1, -0.05) is 0 Å². The fourth-order valence-corrected chi connectivity index (χ4v) is 4.01. The number of carbonyl (C=O) groups excluding carboxylic acids is 1. The topological polar surface area (TPSA) is 95.9 Å². The first-order chi connectivity index (χ1) is 15.4. The van der Waals surface area contributed by atoms with E-state index in [0.29, 0.717) is 26.1 Å². The highest BCUT2D eigenvalue weighted by Gasteiger charge is 2.36. The molecule has 8 nitrogen and oxygen atoms in total. The van der Waals surface area contributed by atoms with Crippen molar-refractivity contribution in [3.05, 3.63) is 40.8 Å². The minimum Gasteiger partial charge on any atom is -0.491 e. The van der Waals surface area contributed by atoms with Gasteiger partial charge in [-0.3, -0.25) is 9.79 Å². The van der Waals surface area contributed by atoms with Crippen molar-refractivity contribution in [2.24, 2.45) is 9.98 Å². The Kier molecular flexibility index (Phi) is 6.36. The highest BCUT2D eigenvalue weighted by molar-refractivity contribution is 6.32. The van der Waals surface area contributed by atoms with E-state index in [1.807, 2.05) is 18.5 Å². The molecule has 4 rings (SSSR count). The average molecular weight is 459 g/mol. The Morgan fingerprint density at radius 3 is 3.03 bits per heavy atom. The van der Waals surface area contributed by atoms with Crippen molar-refractivity contribution in [3.8, 4) is 5.75 Å². The van der Waals surface area contributed by atoms with Crippen molar-refractivity contribution in [1.82, 2.24) is 14.7 Å². The van der Waals surface area contributed by atoms with Gasteiger partial charge in [-0.15, -0.1) is 11.6 Å². The molecule has 32 heavy (non-hydrogen) atoms. The highest BCUT2D eigenvalue weighted by atomic mass is 35.5. The molecule has 0 aliphatic carbocycles. The van der Waals surface area contributed by atoms with E-state index in [1.165, 1.54) is 24.4 Å². The molecule has 0 bridgehead atoms. The third kappa shape index (κ3) is 4.17. The molecular formula is C22H24ClFN6O2. The van der Waals surface area contributed by atoms with Crippen molar-refractivity contribution < 1.29 is 13.9 Å². The fourth-order valence-electron chi connectivity index (χ4n) is 3.86. The standard InChI is InChI=1S/C22H24ClFN6O2/c1-13-20(23)14(2)30-21(27-13)17-11-29(12-18(17)28-30)22(31)16-5-4-15(24)10-19(16)32-9-8-26-7-3-6-25/h4-7,10,14,20,25H,3,8-9,11-12H2,1-2H3. The highest BCUT2D eigenvalue weighted by Crippen LogP contribution is 2.39. The summed E-state index contributed by atoms with van der Waals surface area (Å²) >= 11 is 6.42. The number of nitrogens with zero attached hydrogens (tertiary/aromatic N) is 5. The number of ether oxygens (including phenoxy) is 1. The van der Waals surface area contributed by atoms with E-state index in [2.05, 4.69) is 15.1 Å². The number of hydrogen-bond donors (Lipinski definition) is 1. The van der Waals surface area contributed by atoms with Gasteiger partial charge in [-0.25, -0.2) is 14.1 Å². The molecule has 0 spiro atoms. The molecule has 2 aliphatic rings. The van der Waals surface area contributed by atoms with E-state index in [-0.39, 0.29) is 35.2 Å². The molecule has 0 fully saturated rings. The molecule has 1 amide bonds. The van der Waals surface area contributed by atoms with Gasteiger partial charge in [0.05, 0.1) is 42.3 Å². The summed E-state index contributed by atoms with van der Waals surface area (Å²) < 4.78 is 21.3. The Hall–Kier alpha value is -3.07. The molecule has 2 aliphatic heterocycles. The number of nitrogens with one attached hydrogen (secondary N) is 1. The SMILES string of the molecule is CC1=Nc2c3c(nn2C(C)C1Cl)CN(C(=O)c1ccc(F)cc1OCCN=CCC=N)C3. The van der Waals surface area contributed by atoms with Gasteiger partial charge in [0.25, 0.3) is 5.91 Å². The Bertz CT molecular complexity index is 1110. The number of aromatic nitrogens is 2. The summed E-state index contributed by atoms with van der Waals surface area (Å²) in [5, 5.41) is 11.4. The van der Waals surface area contributed by atoms with E-state index < -0.39 is 5.82 Å². The molecule has 0 radical (unpaired) electrons. The van der Waals surface area contributed by atoms with Crippen LogP contribution >= 0.6 is 11.6 Å². The van der Waals surface area contributed by atoms with Crippen molar-refractivity contribution >= 4 is 41.5 Å². The minimum absolute atomic E-state index is 0.0160. The fraction of sp³-hybridized carbons (Fsp3) is 0.409. The normalized spacial score (nSPS) is 19.6. The minimum atomic E-state index is -0.483. The van der Waals surface area contributed by atoms with E-state index in [4.69, 9.17) is 21.7 Å². The lowest BCUT2D eigenvalue weighted by atomic mass is 10.1. The van der Waals surface area contributed by atoms with Gasteiger partial charge >= 0.3 is 0 Å². The number of hydrogen-bond acceptors (Lipinski definition) is 6. The lowest BCUT2D eigenvalue weighted by Gasteiger charge is -2.25. The quantitative estimate of drug-likeness (QED) is 0.386. The molecule has 10 heteroatoms. The van der Waals surface area contributed by atoms with Crippen LogP contribution in [0.1, 0.15) is 47.9 Å². The van der Waals surface area contributed by atoms with Crippen LogP contribution in [0.3, 0.4) is 0 Å². The number of aliphatic imine (C=N–C) groups is 2. The summed E-state index contributed by atoms with van der Waals surface area (Å²) in [4.78, 5) is 23.6. The van der Waals surface area contributed by atoms with Gasteiger partial charge in [0, 0.05) is 36.2 Å². The Morgan fingerprint density at radius 1 is 1.44 bits per heavy atom. The monoisotopic (exact) mass is 458 g/mol. The summed E-state index contributed by atoms with van der Waals surface area (Å²) in [6, 6.07) is 3.88. The van der Waals surface area contributed by atoms with Gasteiger partial charge in [-0.2, -0.15) is 5.10 Å². The van der Waals surface area contributed by atoms with Crippen molar-refractivity contribution in [2.75, 3.05) is 13.2 Å². The molecular weight excluding hydrogens is 435 g/mol. The van der Waals surface area contributed by atoms with Crippen LogP contribution in [-0.4, -0.2) is 57.3 Å². The predicted molar refractivity (Wildman–Crippen MR) is 122 cm³/mol. The van der Waals surface area contributed by atoms with Crippen LogP contribution in [0, 0.1) is 11.2 Å². The van der Waals surface area contributed by atoms with E-state index >= 15 is 0 Å². The smallest absolute Gasteiger partial charge is 0.258 e. The Balaban J connectivity index is 1.50. The lowest BCUT2D eigenvalue weighted by Crippen LogP contribution is -2.30. The van der Waals surface area contributed by atoms with Crippen molar-refractivity contribution in [1.29, 1.82) is 5.41 Å². The zero-order chi connectivity index (χ0) is 22.8. The van der Waals surface area contributed by atoms with Crippen molar-refractivity contribution in [3.63, 3.8) is 0 Å². The third-order valence-electron chi connectivity index (χ3n) is 5.54. The summed E-state index contributed by atoms with van der Waals surface area (Å²) in [7, 11) is 0. The number of carbonyl (C=O) groups is 1. The molecule has 1 aromatic heterocycles. The van der Waals surface area contributed by atoms with Crippen LogP contribution < -0.4 is 4.74 Å². The second kappa shape index (κ2) is 9.20. The van der Waals surface area contributed by atoms with Crippen LogP contribution in [0.4, 0.5) is 10.2 Å². The summed E-state index contributed by atoms with van der Waals surface area (Å²) in [5.41, 5.74) is 2.83. The van der Waals surface area contributed by atoms with Crippen LogP contribution in [-0.2, 0) is 13.1 Å². The summed E-state index contributed by atoms with van der Waals surface area (Å²) in [6.07, 6.45) is 3.30. The van der Waals surface area contributed by atoms with Gasteiger partial charge in [0.15, 0.2) is 5.82 Å². The molecule has 1 N–H and O–H groups in total. The number of rotatable bonds is 7. The third-order valence-corrected chi connectivity index (χ3v) is 6.22. The molecule has 2 unspecified atom stereocenters. The average Bonchev–Trinajstić information content (AvgIpc) is 3.33. The van der Waals surface area contributed by atoms with Crippen molar-refractivity contribution in [2.45, 2.75) is 44.8 Å². The van der Waals surface area contributed by atoms with Crippen LogP contribution in [0.25, 0.3) is 0 Å². The van der Waals surface area contributed by atoms with Gasteiger partial charge in [-0.05, 0) is 26.0 Å². The summed E-state index contributed by atoms with van der Waals surface area (Å²) in [5.74, 6) is 0.184. The maximum absolute atomic E-state index is 13.8. The molecule has 1 aromatic carbocycles. The largest absolute Gasteiger partial charge is 0.491 e.